The maximum atomic E-state index is 14.2. The zero-order valence-electron chi connectivity index (χ0n) is 54.6. The molecule has 8 atom stereocenters. The summed E-state index contributed by atoms with van der Waals surface area (Å²) < 4.78 is 46.0. The number of aliphatic hydroxyl groups excluding tert-OH is 3. The lowest BCUT2D eigenvalue weighted by Gasteiger charge is -2.38. The maximum absolute atomic E-state index is 14.2. The van der Waals surface area contributed by atoms with Gasteiger partial charge in [-0.05, 0) is 95.5 Å². The molecule has 33 heteroatoms. The summed E-state index contributed by atoms with van der Waals surface area (Å²) in [6.07, 6.45) is -8.64. The standard InChI is InChI=1S/C65H79N9O24/c1-7-10-13-33-34-28-73-40(25-36-35(58(73)84)30-92-61(87)65(36,90)8-2)49(34)70-39-26-43-54(95-31-94-43)50(48(33)39)72-63(89)93-29-32-15-16-42(96-60-53(81)51(79)52(80)55(97-60)59(85)86)38(24-32)69-45(76)19-22-67-56(82)37(14-11-12-21-66-44(75)20-23-91-9-3)71-57(83)41(74-46(77)17-18-47(74)78)27-68-62(88)98-64(4,5)6/h15-18,24-26,37,41,51-53,55,60,79-81,90H,7-14,19-23,27-31H2,1-6H3,(H,66,75)(H,67,82)(H,68,88)(H,69,76)(H,71,83)(H,72,89)(H,85,86)/t37-,41+,51-,52-,53+,55-,60+,65-/m0/s1. The zero-order chi connectivity index (χ0) is 70.9. The van der Waals surface area contributed by atoms with Crippen molar-refractivity contribution in [2.75, 3.05) is 50.3 Å². The van der Waals surface area contributed by atoms with Gasteiger partial charge in [-0.15, -0.1) is 0 Å². The van der Waals surface area contributed by atoms with Crippen LogP contribution >= 0.6 is 0 Å². The fourth-order valence-corrected chi connectivity index (χ4v) is 11.7. The molecule has 9 rings (SSSR count). The van der Waals surface area contributed by atoms with Crippen LogP contribution in [0.25, 0.3) is 22.3 Å². The number of hydrogen-bond donors (Lipinski definition) is 11. The van der Waals surface area contributed by atoms with Crippen LogP contribution in [0.15, 0.2) is 47.3 Å². The average Bonchev–Trinajstić information content (AvgIpc) is 1.52. The largest absolute Gasteiger partial charge is 0.479 e. The van der Waals surface area contributed by atoms with Crippen LogP contribution < -0.4 is 51.7 Å². The molecule has 1 saturated heterocycles. The van der Waals surface area contributed by atoms with Crippen LogP contribution in [0.4, 0.5) is 21.0 Å². The predicted molar refractivity (Wildman–Crippen MR) is 340 cm³/mol. The van der Waals surface area contributed by atoms with Gasteiger partial charge < -0.3 is 94.6 Å². The lowest BCUT2D eigenvalue weighted by atomic mass is 9.86. The van der Waals surface area contributed by atoms with E-state index in [1.807, 2.05) is 6.92 Å². The summed E-state index contributed by atoms with van der Waals surface area (Å²) in [5, 5.41) is 69.3. The van der Waals surface area contributed by atoms with Crippen LogP contribution in [0.2, 0.25) is 0 Å². The van der Waals surface area contributed by atoms with E-state index in [0.717, 1.165) is 18.6 Å². The van der Waals surface area contributed by atoms with Crippen molar-refractivity contribution in [3.8, 4) is 28.6 Å². The maximum Gasteiger partial charge on any atom is 0.412 e. The first-order valence-corrected chi connectivity index (χ1v) is 32.0. The number of anilines is 2. The van der Waals surface area contributed by atoms with E-state index in [1.165, 1.54) is 22.8 Å². The van der Waals surface area contributed by atoms with Gasteiger partial charge in [0.1, 0.15) is 60.6 Å². The molecule has 2 aromatic carbocycles. The molecular formula is C65H79N9O24. The third kappa shape index (κ3) is 16.3. The Hall–Kier alpha value is -9.80. The number of cyclic esters (lactones) is 1. The second-order valence-corrected chi connectivity index (χ2v) is 24.6. The summed E-state index contributed by atoms with van der Waals surface area (Å²) in [4.78, 5) is 152. The van der Waals surface area contributed by atoms with E-state index in [1.54, 1.807) is 46.8 Å². The van der Waals surface area contributed by atoms with Gasteiger partial charge in [0.05, 0.1) is 47.9 Å². The lowest BCUT2D eigenvalue weighted by Crippen LogP contribution is -2.61. The number of unbranched alkanes of at least 4 members (excludes halogenated alkanes) is 2. The van der Waals surface area contributed by atoms with Crippen molar-refractivity contribution in [1.82, 2.24) is 35.7 Å². The molecule has 2 aromatic heterocycles. The molecule has 1 fully saturated rings. The summed E-state index contributed by atoms with van der Waals surface area (Å²) in [7, 11) is 0. The molecule has 0 bridgehead atoms. The summed E-state index contributed by atoms with van der Waals surface area (Å²) in [6.45, 7) is 8.85. The molecule has 0 radical (unpaired) electrons. The monoisotopic (exact) mass is 1370 g/mol. The molecule has 528 valence electrons. The number of carbonyl (C=O) groups is 10. The van der Waals surface area contributed by atoms with Gasteiger partial charge in [-0.25, -0.2) is 24.2 Å². The zero-order valence-corrected chi connectivity index (χ0v) is 54.6. The number of nitrogens with one attached hydrogen (secondary N) is 6. The van der Waals surface area contributed by atoms with Crippen molar-refractivity contribution in [2.24, 2.45) is 0 Å². The third-order valence-electron chi connectivity index (χ3n) is 16.7. The molecule has 0 unspecified atom stereocenters. The normalized spacial score (nSPS) is 20.3. The van der Waals surface area contributed by atoms with E-state index in [9.17, 15) is 78.3 Å². The fraction of sp³-hybridized carbons (Fsp3) is 0.508. The van der Waals surface area contributed by atoms with E-state index >= 15 is 0 Å². The number of carboxylic acids is 1. The van der Waals surface area contributed by atoms with Gasteiger partial charge in [-0.2, -0.15) is 0 Å². The molecule has 5 aliphatic heterocycles. The van der Waals surface area contributed by atoms with E-state index in [0.29, 0.717) is 64.2 Å². The number of imide groups is 1. The first-order valence-electron chi connectivity index (χ1n) is 32.0. The van der Waals surface area contributed by atoms with Crippen LogP contribution in [-0.2, 0) is 93.8 Å². The van der Waals surface area contributed by atoms with E-state index in [-0.39, 0.29) is 110 Å². The number of rotatable bonds is 29. The SMILES string of the molecule is CCCCc1c2c(nc3cc4c(c(NC(=O)OCc5ccc(O[C@@H]6O[C@H](C(=O)O)[C@@H](O)[C@H](O)[C@H]6O)c(NC(=O)CCNC(=O)[C@H](CCCCNC(=O)CCOCC)NC(=O)[C@@H](CNC(=O)OC(C)(C)C)N6C(=O)C=CC6=O)c5)c13)OCO4)-c1cc3c(c(=O)n1C2)COC(=O)[C@]3(O)CC. The minimum Gasteiger partial charge on any atom is -0.479 e. The molecule has 11 N–H and O–H groups in total. The number of benzene rings is 2. The molecule has 4 aromatic rings. The summed E-state index contributed by atoms with van der Waals surface area (Å²) in [5.41, 5.74) is -0.732. The number of pyridine rings is 2. The summed E-state index contributed by atoms with van der Waals surface area (Å²) in [6, 6.07) is 4.02. The molecule has 5 aliphatic rings. The Morgan fingerprint density at radius 1 is 0.816 bits per heavy atom. The molecule has 0 spiro atoms. The molecular weight excluding hydrogens is 1290 g/mol. The number of ether oxygens (including phenoxy) is 8. The summed E-state index contributed by atoms with van der Waals surface area (Å²) >= 11 is 0. The molecule has 98 heavy (non-hydrogen) atoms. The number of aliphatic hydroxyl groups is 4. The highest BCUT2D eigenvalue weighted by Gasteiger charge is 2.49. The number of fused-ring (bicyclic) bond motifs is 6. The van der Waals surface area contributed by atoms with Crippen molar-refractivity contribution in [3.63, 3.8) is 0 Å². The first kappa shape index (κ1) is 72.5. The Morgan fingerprint density at radius 2 is 1.57 bits per heavy atom. The number of aryl methyl sites for hydroxylation is 1. The number of aromatic nitrogens is 2. The van der Waals surface area contributed by atoms with Crippen LogP contribution in [0, 0.1) is 0 Å². The second kappa shape index (κ2) is 31.2. The molecule has 0 aliphatic carbocycles. The number of amides is 8. The number of carboxylic acid groups (broad SMARTS) is 1. The molecule has 33 nitrogen and oxygen atoms in total. The Balaban J connectivity index is 0.938. The Kier molecular flexibility index (Phi) is 23.0. The van der Waals surface area contributed by atoms with Gasteiger partial charge in [0.2, 0.25) is 36.7 Å². The molecule has 0 saturated carbocycles. The van der Waals surface area contributed by atoms with Crippen LogP contribution in [0.1, 0.15) is 121 Å². The van der Waals surface area contributed by atoms with E-state index < -0.39 is 139 Å². The number of hydrogen-bond acceptors (Lipinski definition) is 24. The van der Waals surface area contributed by atoms with Crippen molar-refractivity contribution < 1.29 is 111 Å². The van der Waals surface area contributed by atoms with Gasteiger partial charge in [0, 0.05) is 67.3 Å². The van der Waals surface area contributed by atoms with Gasteiger partial charge >= 0.3 is 24.1 Å². The lowest BCUT2D eigenvalue weighted by molar-refractivity contribution is -0.271. The topological polar surface area (TPSA) is 456 Å². The van der Waals surface area contributed by atoms with Crippen molar-refractivity contribution in [2.45, 2.75) is 173 Å². The highest BCUT2D eigenvalue weighted by Crippen LogP contribution is 2.49. The van der Waals surface area contributed by atoms with Crippen LogP contribution in [0.5, 0.6) is 17.2 Å². The number of alkyl carbamates (subject to hydrolysis) is 1. The van der Waals surface area contributed by atoms with Crippen LogP contribution in [-0.4, -0.2) is 188 Å². The highest BCUT2D eigenvalue weighted by atomic mass is 16.7. The van der Waals surface area contributed by atoms with Gasteiger partial charge in [-0.3, -0.25) is 43.8 Å². The molecule has 8 amide bonds. The van der Waals surface area contributed by atoms with Gasteiger partial charge in [0.15, 0.2) is 23.2 Å². The molecule has 7 heterocycles. The van der Waals surface area contributed by atoms with Gasteiger partial charge in [-0.1, -0.05) is 26.3 Å². The second-order valence-electron chi connectivity index (χ2n) is 24.6. The minimum absolute atomic E-state index is 0.0464. The third-order valence-corrected chi connectivity index (χ3v) is 16.7. The predicted octanol–water partition coefficient (Wildman–Crippen LogP) is 1.63. The number of esters is 1. The van der Waals surface area contributed by atoms with Crippen molar-refractivity contribution in [1.29, 1.82) is 0 Å². The number of nitrogens with zero attached hydrogens (tertiary/aromatic N) is 3. The minimum atomic E-state index is -2.09. The number of aliphatic carboxylic acids is 1. The first-order chi connectivity index (χ1) is 46.7. The van der Waals surface area contributed by atoms with Crippen molar-refractivity contribution in [3.05, 3.63) is 80.7 Å². The Bertz CT molecular complexity index is 3870. The smallest absolute Gasteiger partial charge is 0.412 e. The average molecular weight is 1370 g/mol. The van der Waals surface area contributed by atoms with Gasteiger partial charge in [0.25, 0.3) is 17.4 Å². The number of carbonyl (C=O) groups excluding carboxylic acids is 9. The van der Waals surface area contributed by atoms with Crippen molar-refractivity contribution >= 4 is 81.8 Å². The Labute approximate surface area is 559 Å². The summed E-state index contributed by atoms with van der Waals surface area (Å²) in [5.74, 6) is -7.28. The fourth-order valence-electron chi connectivity index (χ4n) is 11.7. The quantitative estimate of drug-likeness (QED) is 0.0140. The van der Waals surface area contributed by atoms with E-state index in [4.69, 9.17) is 42.9 Å². The van der Waals surface area contributed by atoms with Crippen LogP contribution in [0.3, 0.4) is 0 Å². The van der Waals surface area contributed by atoms with E-state index in [2.05, 4.69) is 31.9 Å². The Morgan fingerprint density at radius 3 is 2.28 bits per heavy atom. The highest BCUT2D eigenvalue weighted by molar-refractivity contribution is 6.15.